The van der Waals surface area contributed by atoms with E-state index in [1.807, 2.05) is 13.8 Å². The van der Waals surface area contributed by atoms with Crippen LogP contribution in [0, 0.1) is 12.5 Å². The molecule has 0 rings (SSSR count). The minimum Gasteiger partial charge on any atom is -0.457 e. The van der Waals surface area contributed by atoms with Crippen molar-refractivity contribution in [2.45, 2.75) is 46.3 Å². The largest absolute Gasteiger partial charge is 0.457 e. The second-order valence-corrected chi connectivity index (χ2v) is 3.45. The van der Waals surface area contributed by atoms with Gasteiger partial charge in [0.05, 0.1) is 6.10 Å². The third-order valence-corrected chi connectivity index (χ3v) is 1.92. The fraction of sp³-hybridized carbons (Fsp3) is 0.800. The van der Waals surface area contributed by atoms with Crippen LogP contribution < -0.4 is 0 Å². The lowest BCUT2D eigenvalue weighted by molar-refractivity contribution is -0.149. The van der Waals surface area contributed by atoms with Crippen LogP contribution in [0.3, 0.4) is 0 Å². The van der Waals surface area contributed by atoms with Crippen LogP contribution in [-0.2, 0) is 9.53 Å². The zero-order chi connectivity index (χ0) is 10.4. The highest BCUT2D eigenvalue weighted by Crippen LogP contribution is 2.13. The van der Waals surface area contributed by atoms with E-state index in [2.05, 4.69) is 4.85 Å². The highest BCUT2D eigenvalue weighted by atomic mass is 16.5. The molecule has 0 fully saturated rings. The zero-order valence-corrected chi connectivity index (χ0v) is 8.70. The summed E-state index contributed by atoms with van der Waals surface area (Å²) in [5.74, 6) is -0.317. The SMILES string of the molecule is [C-]#[N+][C@H](C(=O)OC(C)C)C(C)CC. The number of nitrogens with zero attached hydrogens (tertiary/aromatic N) is 1. The smallest absolute Gasteiger partial charge is 0.390 e. The van der Waals surface area contributed by atoms with Gasteiger partial charge in [0.15, 0.2) is 0 Å². The summed E-state index contributed by atoms with van der Waals surface area (Å²) >= 11 is 0. The van der Waals surface area contributed by atoms with E-state index in [4.69, 9.17) is 11.3 Å². The summed E-state index contributed by atoms with van der Waals surface area (Å²) in [6.07, 6.45) is 0.682. The molecule has 0 saturated heterocycles. The summed E-state index contributed by atoms with van der Waals surface area (Å²) in [5.41, 5.74) is 0. The molecule has 0 spiro atoms. The van der Waals surface area contributed by atoms with Gasteiger partial charge in [-0.1, -0.05) is 13.8 Å². The first-order chi connectivity index (χ1) is 6.02. The van der Waals surface area contributed by atoms with Gasteiger partial charge in [0, 0.05) is 5.92 Å². The fourth-order valence-electron chi connectivity index (χ4n) is 0.938. The Balaban J connectivity index is 4.26. The third-order valence-electron chi connectivity index (χ3n) is 1.92. The summed E-state index contributed by atoms with van der Waals surface area (Å²) in [6.45, 7) is 14.3. The van der Waals surface area contributed by atoms with Crippen LogP contribution in [0.25, 0.3) is 4.85 Å². The predicted octanol–water partition coefficient (Wildman–Crippen LogP) is 2.27. The number of hydrogen-bond acceptors (Lipinski definition) is 2. The number of hydrogen-bond donors (Lipinski definition) is 0. The van der Waals surface area contributed by atoms with E-state index in [0.717, 1.165) is 6.42 Å². The molecule has 3 heteroatoms. The molecule has 0 saturated carbocycles. The Morgan fingerprint density at radius 3 is 2.31 bits per heavy atom. The molecule has 74 valence electrons. The second-order valence-electron chi connectivity index (χ2n) is 3.45. The van der Waals surface area contributed by atoms with Crippen LogP contribution in [0.1, 0.15) is 34.1 Å². The van der Waals surface area contributed by atoms with Crippen molar-refractivity contribution in [2.75, 3.05) is 0 Å². The Morgan fingerprint density at radius 2 is 2.00 bits per heavy atom. The van der Waals surface area contributed by atoms with E-state index in [0.29, 0.717) is 0 Å². The topological polar surface area (TPSA) is 30.7 Å². The van der Waals surface area contributed by atoms with Crippen LogP contribution >= 0.6 is 0 Å². The molecule has 0 bridgehead atoms. The van der Waals surface area contributed by atoms with Crippen LogP contribution in [0.5, 0.6) is 0 Å². The standard InChI is InChI=1S/C10H17NO2/c1-6-8(4)9(11-5)10(12)13-7(2)3/h7-9H,6H2,1-4H3/t8?,9-/m0/s1. The molecule has 0 heterocycles. The summed E-state index contributed by atoms with van der Waals surface area (Å²) in [7, 11) is 0. The van der Waals surface area contributed by atoms with Gasteiger partial charge in [-0.15, -0.1) is 0 Å². The summed E-state index contributed by atoms with van der Waals surface area (Å²) < 4.78 is 4.97. The molecule has 0 aliphatic heterocycles. The first-order valence-corrected chi connectivity index (χ1v) is 4.60. The molecule has 0 aromatic rings. The van der Waals surface area contributed by atoms with Crippen LogP contribution in [-0.4, -0.2) is 18.1 Å². The Bertz CT molecular complexity index is 205. The monoisotopic (exact) mass is 183 g/mol. The van der Waals surface area contributed by atoms with Gasteiger partial charge >= 0.3 is 12.0 Å². The maximum atomic E-state index is 11.3. The highest BCUT2D eigenvalue weighted by Gasteiger charge is 2.31. The molecule has 0 aliphatic carbocycles. The van der Waals surface area contributed by atoms with Crippen molar-refractivity contribution in [3.63, 3.8) is 0 Å². The first-order valence-electron chi connectivity index (χ1n) is 4.60. The average Bonchev–Trinajstić information content (AvgIpc) is 2.03. The van der Waals surface area contributed by atoms with Crippen molar-refractivity contribution in [3.8, 4) is 0 Å². The summed E-state index contributed by atoms with van der Waals surface area (Å²) in [5, 5.41) is 0. The minimum atomic E-state index is -0.632. The normalized spacial score (nSPS) is 14.8. The summed E-state index contributed by atoms with van der Waals surface area (Å²) in [4.78, 5) is 14.6. The third kappa shape index (κ3) is 3.93. The summed E-state index contributed by atoms with van der Waals surface area (Å²) in [6, 6.07) is -0.632. The van der Waals surface area contributed by atoms with Crippen molar-refractivity contribution < 1.29 is 9.53 Å². The van der Waals surface area contributed by atoms with Crippen molar-refractivity contribution in [1.29, 1.82) is 0 Å². The molecule has 0 amide bonds. The Morgan fingerprint density at radius 1 is 1.46 bits per heavy atom. The van der Waals surface area contributed by atoms with Crippen molar-refractivity contribution >= 4 is 5.97 Å². The van der Waals surface area contributed by atoms with Crippen LogP contribution in [0.15, 0.2) is 0 Å². The molecule has 0 aromatic heterocycles. The van der Waals surface area contributed by atoms with E-state index in [1.54, 1.807) is 13.8 Å². The van der Waals surface area contributed by atoms with Gasteiger partial charge in [0.2, 0.25) is 0 Å². The van der Waals surface area contributed by atoms with E-state index in [-0.39, 0.29) is 18.0 Å². The van der Waals surface area contributed by atoms with Gasteiger partial charge in [-0.2, -0.15) is 0 Å². The molecule has 0 aliphatic rings. The lowest BCUT2D eigenvalue weighted by Gasteiger charge is -2.12. The highest BCUT2D eigenvalue weighted by molar-refractivity contribution is 5.78. The maximum Gasteiger partial charge on any atom is 0.390 e. The molecule has 2 atom stereocenters. The van der Waals surface area contributed by atoms with Crippen LogP contribution in [0.4, 0.5) is 0 Å². The number of carbonyl (C=O) groups excluding carboxylic acids is 1. The van der Waals surface area contributed by atoms with E-state index < -0.39 is 6.04 Å². The van der Waals surface area contributed by atoms with Gasteiger partial charge in [-0.3, -0.25) is 0 Å². The molecule has 0 N–H and O–H groups in total. The van der Waals surface area contributed by atoms with Gasteiger partial charge in [-0.05, 0) is 20.3 Å². The van der Waals surface area contributed by atoms with Gasteiger partial charge < -0.3 is 9.58 Å². The lowest BCUT2D eigenvalue weighted by Crippen LogP contribution is -2.28. The van der Waals surface area contributed by atoms with Crippen molar-refractivity contribution in [3.05, 3.63) is 11.4 Å². The molecular formula is C10H17NO2. The van der Waals surface area contributed by atoms with Gasteiger partial charge in [0.1, 0.15) is 0 Å². The van der Waals surface area contributed by atoms with Gasteiger partial charge in [-0.25, -0.2) is 11.4 Å². The second kappa shape index (κ2) is 5.58. The Hall–Kier alpha value is -1.04. The predicted molar refractivity (Wildman–Crippen MR) is 51.1 cm³/mol. The maximum absolute atomic E-state index is 11.3. The first kappa shape index (κ1) is 12.0. The molecule has 13 heavy (non-hydrogen) atoms. The minimum absolute atomic E-state index is 0.0729. The number of rotatable bonds is 4. The van der Waals surface area contributed by atoms with Crippen LogP contribution in [0.2, 0.25) is 0 Å². The number of ether oxygens (including phenoxy) is 1. The van der Waals surface area contributed by atoms with Crippen molar-refractivity contribution in [2.24, 2.45) is 5.92 Å². The lowest BCUT2D eigenvalue weighted by atomic mass is 10.0. The van der Waals surface area contributed by atoms with E-state index in [1.165, 1.54) is 0 Å². The Kier molecular flexibility index (Phi) is 5.13. The molecular weight excluding hydrogens is 166 g/mol. The van der Waals surface area contributed by atoms with Crippen molar-refractivity contribution in [1.82, 2.24) is 0 Å². The quantitative estimate of drug-likeness (QED) is 0.494. The molecule has 0 aromatic carbocycles. The number of carbonyl (C=O) groups is 1. The fourth-order valence-corrected chi connectivity index (χ4v) is 0.938. The zero-order valence-electron chi connectivity index (χ0n) is 8.70. The van der Waals surface area contributed by atoms with E-state index in [9.17, 15) is 4.79 Å². The molecule has 0 radical (unpaired) electrons. The molecule has 1 unspecified atom stereocenters. The van der Waals surface area contributed by atoms with Gasteiger partial charge in [0.25, 0.3) is 0 Å². The Labute approximate surface area is 79.9 Å². The molecule has 3 nitrogen and oxygen atoms in total. The average molecular weight is 183 g/mol. The van der Waals surface area contributed by atoms with E-state index >= 15 is 0 Å². The number of esters is 1.